The Morgan fingerprint density at radius 2 is 2.00 bits per heavy atom. The van der Waals surface area contributed by atoms with E-state index in [2.05, 4.69) is 9.97 Å². The second-order valence-electron chi connectivity index (χ2n) is 4.44. The quantitative estimate of drug-likeness (QED) is 0.804. The van der Waals surface area contributed by atoms with Crippen LogP contribution in [-0.4, -0.2) is 41.8 Å². The van der Waals surface area contributed by atoms with Gasteiger partial charge in [-0.2, -0.15) is 4.31 Å². The van der Waals surface area contributed by atoms with Crippen LogP contribution in [-0.2, 0) is 10.0 Å². The van der Waals surface area contributed by atoms with Gasteiger partial charge in [-0.15, -0.1) is 0 Å². The average Bonchev–Trinajstić information content (AvgIpc) is 2.79. The van der Waals surface area contributed by atoms with Crippen LogP contribution in [0.1, 0.15) is 32.5 Å². The molecule has 3 N–H and O–H groups in total. The molecule has 0 saturated carbocycles. The van der Waals surface area contributed by atoms with E-state index in [0.717, 1.165) is 0 Å². The highest BCUT2D eigenvalue weighted by atomic mass is 32.2. The van der Waals surface area contributed by atoms with Crippen molar-refractivity contribution in [1.29, 1.82) is 0 Å². The summed E-state index contributed by atoms with van der Waals surface area (Å²) in [6.07, 6.45) is 2.68. The van der Waals surface area contributed by atoms with Gasteiger partial charge >= 0.3 is 0 Å². The molecule has 0 atom stereocenters. The van der Waals surface area contributed by atoms with Crippen LogP contribution in [0.4, 0.5) is 0 Å². The number of aryl methyl sites for hydroxylation is 1. The predicted octanol–water partition coefficient (Wildman–Crippen LogP) is 0.856. The van der Waals surface area contributed by atoms with E-state index in [0.29, 0.717) is 25.2 Å². The zero-order valence-electron chi connectivity index (χ0n) is 11.4. The highest BCUT2D eigenvalue weighted by Gasteiger charge is 2.38. The SMILES string of the molecule is CCC(CC)(CN)N(C)S(=O)(=O)c1cnc(C)[nH]1. The normalized spacial score (nSPS) is 13.2. The Hall–Kier alpha value is -0.920. The van der Waals surface area contributed by atoms with Gasteiger partial charge in [-0.05, 0) is 19.8 Å². The molecule has 1 aromatic rings. The number of H-pyrrole nitrogens is 1. The number of nitrogens with zero attached hydrogens (tertiary/aromatic N) is 2. The summed E-state index contributed by atoms with van der Waals surface area (Å²) in [6, 6.07) is 0. The summed E-state index contributed by atoms with van der Waals surface area (Å²) < 4.78 is 26.3. The molecule has 18 heavy (non-hydrogen) atoms. The maximum Gasteiger partial charge on any atom is 0.260 e. The summed E-state index contributed by atoms with van der Waals surface area (Å²) in [6.45, 7) is 5.90. The van der Waals surface area contributed by atoms with E-state index in [9.17, 15) is 8.42 Å². The van der Waals surface area contributed by atoms with Gasteiger partial charge < -0.3 is 10.7 Å². The van der Waals surface area contributed by atoms with Crippen LogP contribution < -0.4 is 5.73 Å². The first-order chi connectivity index (χ1) is 8.34. The number of likely N-dealkylation sites (N-methyl/N-ethyl adjacent to an activating group) is 1. The summed E-state index contributed by atoms with van der Waals surface area (Å²) in [5.74, 6) is 0.577. The second kappa shape index (κ2) is 5.38. The third-order valence-electron chi connectivity index (χ3n) is 3.68. The Labute approximate surface area is 109 Å². The number of aromatic nitrogens is 2. The minimum atomic E-state index is -3.58. The summed E-state index contributed by atoms with van der Waals surface area (Å²) in [5.41, 5.74) is 5.23. The first-order valence-electron chi connectivity index (χ1n) is 6.04. The van der Waals surface area contributed by atoms with Gasteiger partial charge in [0.15, 0.2) is 5.03 Å². The molecule has 0 aliphatic carbocycles. The van der Waals surface area contributed by atoms with Gasteiger partial charge in [-0.3, -0.25) is 0 Å². The van der Waals surface area contributed by atoms with Crippen LogP contribution in [0.5, 0.6) is 0 Å². The van der Waals surface area contributed by atoms with Gasteiger partial charge in [0.25, 0.3) is 10.0 Å². The number of hydrogen-bond acceptors (Lipinski definition) is 4. The van der Waals surface area contributed by atoms with E-state index >= 15 is 0 Å². The van der Waals surface area contributed by atoms with Crippen molar-refractivity contribution in [3.8, 4) is 0 Å². The van der Waals surface area contributed by atoms with Crippen molar-refractivity contribution in [2.75, 3.05) is 13.6 Å². The molecular weight excluding hydrogens is 252 g/mol. The third kappa shape index (κ3) is 2.43. The van der Waals surface area contributed by atoms with Gasteiger partial charge in [-0.1, -0.05) is 13.8 Å². The largest absolute Gasteiger partial charge is 0.332 e. The van der Waals surface area contributed by atoms with Crippen LogP contribution in [0.15, 0.2) is 11.2 Å². The van der Waals surface area contributed by atoms with Gasteiger partial charge in [0.05, 0.1) is 6.20 Å². The van der Waals surface area contributed by atoms with Crippen molar-refractivity contribution in [2.24, 2.45) is 5.73 Å². The monoisotopic (exact) mass is 274 g/mol. The zero-order chi connectivity index (χ0) is 14.0. The number of hydrogen-bond donors (Lipinski definition) is 2. The summed E-state index contributed by atoms with van der Waals surface area (Å²) in [4.78, 5) is 6.69. The molecule has 1 heterocycles. The van der Waals surface area contributed by atoms with Crippen LogP contribution in [0, 0.1) is 6.92 Å². The summed E-state index contributed by atoms with van der Waals surface area (Å²) in [7, 11) is -2.00. The Balaban J connectivity index is 3.20. The standard InChI is InChI=1S/C11H22N4O2S/c1-5-11(6-2,8-12)15(4)18(16,17)10-7-13-9(3)14-10/h7H,5-6,8,12H2,1-4H3,(H,13,14). The number of imidazole rings is 1. The molecule has 0 amide bonds. The predicted molar refractivity (Wildman–Crippen MR) is 70.6 cm³/mol. The maximum absolute atomic E-state index is 12.5. The van der Waals surface area contributed by atoms with Crippen molar-refractivity contribution in [3.63, 3.8) is 0 Å². The lowest BCUT2D eigenvalue weighted by molar-refractivity contribution is 0.207. The van der Waals surface area contributed by atoms with E-state index in [4.69, 9.17) is 5.73 Å². The summed E-state index contributed by atoms with van der Waals surface area (Å²) >= 11 is 0. The van der Waals surface area contributed by atoms with Crippen LogP contribution in [0.3, 0.4) is 0 Å². The number of rotatable bonds is 6. The molecule has 0 saturated heterocycles. The van der Waals surface area contributed by atoms with E-state index in [1.807, 2.05) is 13.8 Å². The molecule has 6 nitrogen and oxygen atoms in total. The molecule has 104 valence electrons. The molecule has 0 spiro atoms. The zero-order valence-corrected chi connectivity index (χ0v) is 12.2. The van der Waals surface area contributed by atoms with Crippen molar-refractivity contribution < 1.29 is 8.42 Å². The molecular formula is C11H22N4O2S. The first kappa shape index (κ1) is 15.1. The van der Waals surface area contributed by atoms with Crippen LogP contribution in [0.2, 0.25) is 0 Å². The van der Waals surface area contributed by atoms with Gasteiger partial charge in [0, 0.05) is 19.1 Å². The van der Waals surface area contributed by atoms with Crippen molar-refractivity contribution in [3.05, 3.63) is 12.0 Å². The van der Waals surface area contributed by atoms with Crippen molar-refractivity contribution >= 4 is 10.0 Å². The molecule has 0 fully saturated rings. The van der Waals surface area contributed by atoms with E-state index < -0.39 is 15.6 Å². The molecule has 0 bridgehead atoms. The lowest BCUT2D eigenvalue weighted by atomic mass is 9.93. The Kier molecular flexibility index (Phi) is 4.52. The first-order valence-corrected chi connectivity index (χ1v) is 7.48. The average molecular weight is 274 g/mol. The molecule has 0 aromatic carbocycles. The smallest absolute Gasteiger partial charge is 0.260 e. The van der Waals surface area contributed by atoms with Crippen LogP contribution >= 0.6 is 0 Å². The second-order valence-corrected chi connectivity index (χ2v) is 6.38. The molecule has 1 aromatic heterocycles. The van der Waals surface area contributed by atoms with Gasteiger partial charge in [0.1, 0.15) is 5.82 Å². The van der Waals surface area contributed by atoms with Crippen LogP contribution in [0.25, 0.3) is 0 Å². The Morgan fingerprint density at radius 1 is 1.44 bits per heavy atom. The minimum Gasteiger partial charge on any atom is -0.332 e. The molecule has 0 aliphatic rings. The highest BCUT2D eigenvalue weighted by molar-refractivity contribution is 7.89. The molecule has 0 aliphatic heterocycles. The fourth-order valence-electron chi connectivity index (χ4n) is 2.04. The molecule has 0 radical (unpaired) electrons. The lowest BCUT2D eigenvalue weighted by Gasteiger charge is -2.38. The molecule has 1 rings (SSSR count). The minimum absolute atomic E-state index is 0.113. The van der Waals surface area contributed by atoms with E-state index in [1.54, 1.807) is 14.0 Å². The van der Waals surface area contributed by atoms with E-state index in [1.165, 1.54) is 10.5 Å². The van der Waals surface area contributed by atoms with Gasteiger partial charge in [0.2, 0.25) is 0 Å². The molecule has 7 heteroatoms. The number of nitrogens with one attached hydrogen (secondary N) is 1. The van der Waals surface area contributed by atoms with Gasteiger partial charge in [-0.25, -0.2) is 13.4 Å². The fraction of sp³-hybridized carbons (Fsp3) is 0.727. The number of nitrogens with two attached hydrogens (primary N) is 1. The highest BCUT2D eigenvalue weighted by Crippen LogP contribution is 2.27. The third-order valence-corrected chi connectivity index (χ3v) is 5.55. The summed E-state index contributed by atoms with van der Waals surface area (Å²) in [5, 5.41) is 0.113. The Bertz CT molecular complexity index is 483. The van der Waals surface area contributed by atoms with Crippen molar-refractivity contribution in [2.45, 2.75) is 44.2 Å². The van der Waals surface area contributed by atoms with E-state index in [-0.39, 0.29) is 5.03 Å². The fourth-order valence-corrected chi connectivity index (χ4v) is 3.64. The van der Waals surface area contributed by atoms with Crippen molar-refractivity contribution in [1.82, 2.24) is 14.3 Å². The lowest BCUT2D eigenvalue weighted by Crippen LogP contribution is -2.53. The number of aromatic amines is 1. The number of sulfonamides is 1. The topological polar surface area (TPSA) is 92.1 Å². The molecule has 0 unspecified atom stereocenters. The Morgan fingerprint density at radius 3 is 2.33 bits per heavy atom. The maximum atomic E-state index is 12.5.